The molecule has 4 N–H and O–H groups in total. The second-order valence-corrected chi connectivity index (χ2v) is 24.7. The number of morpholine rings is 1. The molecule has 18 nitrogen and oxygen atoms in total. The Morgan fingerprint density at radius 1 is 0.895 bits per heavy atom. The number of hydrogen-bond donors (Lipinski definition) is 4. The van der Waals surface area contributed by atoms with Gasteiger partial charge in [-0.05, 0) is 149 Å². The largest absolute Gasteiger partial charge is 0.468 e. The minimum atomic E-state index is -4.62. The Morgan fingerprint density at radius 2 is 1.68 bits per heavy atom. The fraction of sp³-hybridized carbons (Fsp3) is 0.544. The van der Waals surface area contributed by atoms with E-state index in [1.165, 1.54) is 42.5 Å². The first kappa shape index (κ1) is 51.0. The van der Waals surface area contributed by atoms with Gasteiger partial charge in [-0.25, -0.2) is 13.1 Å². The zero-order valence-electron chi connectivity index (χ0n) is 43.6. The molecule has 76 heavy (non-hydrogen) atoms. The van der Waals surface area contributed by atoms with Crippen LogP contribution in [0.25, 0.3) is 11.0 Å². The van der Waals surface area contributed by atoms with Crippen molar-refractivity contribution >= 4 is 55.4 Å². The van der Waals surface area contributed by atoms with Crippen LogP contribution < -0.4 is 24.6 Å². The monoisotopic (exact) mass is 1060 g/mol. The van der Waals surface area contributed by atoms with Crippen molar-refractivity contribution in [1.29, 1.82) is 0 Å². The molecule has 1 spiro atoms. The number of aryl methyl sites for hydroxylation is 1. The average molecular weight is 1060 g/mol. The highest BCUT2D eigenvalue weighted by Crippen LogP contribution is 2.54. The van der Waals surface area contributed by atoms with Gasteiger partial charge in [-0.1, -0.05) is 24.3 Å². The number of nitro groups is 1. The molecule has 0 radical (unpaired) electrons. The fourth-order valence-electron chi connectivity index (χ4n) is 13.8. The second-order valence-electron chi connectivity index (χ2n) is 23.1. The van der Waals surface area contributed by atoms with Crippen molar-refractivity contribution in [2.24, 2.45) is 11.3 Å². The SMILES string of the molecule is Cc1ccccc1[C@@H]1C[C@@H](N2CCOCC2)CCN1C1CC2(CCN(c3ccc(C(=O)NS(=O)(=O)c4ccc(NCC5CCC(C)(O)CC5)c([N+](=O)[O-])c4)c(N4c5cc6cc[nH]c6nc5O[C@H]5COCC[C@@H]54)c3)CC2)C1. The summed E-state index contributed by atoms with van der Waals surface area (Å²) in [5, 5.41) is 26.8. The summed E-state index contributed by atoms with van der Waals surface area (Å²) < 4.78 is 49.0. The van der Waals surface area contributed by atoms with Crippen molar-refractivity contribution < 1.29 is 37.5 Å². The quantitative estimate of drug-likeness (QED) is 0.0686. The Hall–Kier alpha value is -5.83. The van der Waals surface area contributed by atoms with Gasteiger partial charge in [-0.15, -0.1) is 0 Å². The van der Waals surface area contributed by atoms with Crippen LogP contribution in [-0.4, -0.2) is 140 Å². The predicted molar refractivity (Wildman–Crippen MR) is 290 cm³/mol. The molecule has 6 fully saturated rings. The second kappa shape index (κ2) is 20.5. The van der Waals surface area contributed by atoms with Crippen molar-refractivity contribution in [1.82, 2.24) is 24.5 Å². The molecular weight excluding hydrogens is 987 g/mol. The molecule has 4 atom stereocenters. The van der Waals surface area contributed by atoms with E-state index in [1.54, 1.807) is 6.07 Å². The van der Waals surface area contributed by atoms with Crippen LogP contribution in [0.2, 0.25) is 0 Å². The summed E-state index contributed by atoms with van der Waals surface area (Å²) >= 11 is 0. The molecule has 7 aliphatic rings. The van der Waals surface area contributed by atoms with E-state index in [0.29, 0.717) is 80.0 Å². The lowest BCUT2D eigenvalue weighted by atomic mass is 9.59. The molecule has 4 saturated heterocycles. The topological polar surface area (TPSA) is 208 Å². The minimum Gasteiger partial charge on any atom is -0.468 e. The number of nitrogens with one attached hydrogen (secondary N) is 3. The Morgan fingerprint density at radius 3 is 2.46 bits per heavy atom. The number of H-pyrrole nitrogens is 1. The summed E-state index contributed by atoms with van der Waals surface area (Å²) in [4.78, 5) is 44.2. The van der Waals surface area contributed by atoms with Crippen molar-refractivity contribution in [2.45, 2.75) is 125 Å². The van der Waals surface area contributed by atoms with E-state index in [0.717, 1.165) is 95.2 Å². The summed E-state index contributed by atoms with van der Waals surface area (Å²) in [6.07, 6.45) is 11.5. The molecule has 2 aromatic heterocycles. The smallest absolute Gasteiger partial charge is 0.293 e. The number of amides is 1. The highest BCUT2D eigenvalue weighted by molar-refractivity contribution is 7.90. The zero-order chi connectivity index (χ0) is 52.3. The number of anilines is 4. The molecule has 0 bridgehead atoms. The third kappa shape index (κ3) is 10.0. The van der Waals surface area contributed by atoms with Crippen molar-refractivity contribution in [3.63, 3.8) is 0 Å². The highest BCUT2D eigenvalue weighted by Gasteiger charge is 2.51. The van der Waals surface area contributed by atoms with Gasteiger partial charge in [-0.3, -0.25) is 24.7 Å². The lowest BCUT2D eigenvalue weighted by Crippen LogP contribution is -2.59. The lowest BCUT2D eigenvalue weighted by molar-refractivity contribution is -0.384. The Balaban J connectivity index is 0.804. The maximum absolute atomic E-state index is 14.8. The number of nitrogens with zero attached hydrogens (tertiary/aromatic N) is 6. The number of rotatable bonds is 12. The van der Waals surface area contributed by atoms with Crippen LogP contribution in [0.4, 0.5) is 28.4 Å². The van der Waals surface area contributed by atoms with Crippen LogP contribution in [0.3, 0.4) is 0 Å². The van der Waals surface area contributed by atoms with E-state index >= 15 is 0 Å². The molecular formula is C57H71N9O9S. The number of aliphatic hydroxyl groups is 1. The van der Waals surface area contributed by atoms with Crippen LogP contribution in [-0.2, 0) is 19.5 Å². The van der Waals surface area contributed by atoms with Gasteiger partial charge in [0.05, 0.1) is 52.5 Å². The van der Waals surface area contributed by atoms with Gasteiger partial charge >= 0.3 is 0 Å². The first-order valence-electron chi connectivity index (χ1n) is 27.6. The Bertz CT molecular complexity index is 3080. The molecule has 1 amide bonds. The normalized spacial score (nSPS) is 27.3. The van der Waals surface area contributed by atoms with E-state index in [4.69, 9.17) is 19.2 Å². The summed E-state index contributed by atoms with van der Waals surface area (Å²) in [5.74, 6) is -0.303. The van der Waals surface area contributed by atoms with Crippen molar-refractivity contribution in [2.75, 3.05) is 80.8 Å². The third-order valence-corrected chi connectivity index (χ3v) is 19.6. The Labute approximate surface area is 444 Å². The van der Waals surface area contributed by atoms with Crippen molar-refractivity contribution in [3.8, 4) is 5.88 Å². The van der Waals surface area contributed by atoms with Gasteiger partial charge in [-0.2, -0.15) is 4.98 Å². The first-order valence-corrected chi connectivity index (χ1v) is 29.0. The predicted octanol–water partition coefficient (Wildman–Crippen LogP) is 8.23. The number of likely N-dealkylation sites (tertiary alicyclic amines) is 1. The number of piperidine rings is 2. The van der Waals surface area contributed by atoms with Gasteiger partial charge in [0.1, 0.15) is 23.1 Å². The summed E-state index contributed by atoms with van der Waals surface area (Å²) in [6.45, 7) is 11.7. The van der Waals surface area contributed by atoms with Crippen LogP contribution >= 0.6 is 0 Å². The summed E-state index contributed by atoms with van der Waals surface area (Å²) in [5.41, 5.74) is 4.97. The van der Waals surface area contributed by atoms with Crippen molar-refractivity contribution in [3.05, 3.63) is 106 Å². The highest BCUT2D eigenvalue weighted by atomic mass is 32.2. The molecule has 0 unspecified atom stereocenters. The van der Waals surface area contributed by atoms with E-state index in [2.05, 4.69) is 65.8 Å². The van der Waals surface area contributed by atoms with Crippen LogP contribution in [0.5, 0.6) is 5.88 Å². The summed E-state index contributed by atoms with van der Waals surface area (Å²) in [7, 11) is -4.62. The number of benzene rings is 3. The number of carbonyl (C=O) groups excluding carboxylic acids is 1. The molecule has 2 saturated carbocycles. The molecule has 12 rings (SSSR count). The minimum absolute atomic E-state index is 0.120. The number of sulfonamides is 1. The van der Waals surface area contributed by atoms with Crippen LogP contribution in [0, 0.1) is 28.4 Å². The van der Waals surface area contributed by atoms with E-state index < -0.39 is 43.1 Å². The molecule has 5 aromatic rings. The van der Waals surface area contributed by atoms with E-state index in [1.807, 2.05) is 37.4 Å². The molecule has 7 heterocycles. The molecule has 5 aliphatic heterocycles. The zero-order valence-corrected chi connectivity index (χ0v) is 44.4. The molecule has 404 valence electrons. The molecule has 3 aromatic carbocycles. The van der Waals surface area contributed by atoms with E-state index in [9.17, 15) is 28.4 Å². The number of fused-ring (bicyclic) bond motifs is 3. The van der Waals surface area contributed by atoms with E-state index in [-0.39, 0.29) is 28.6 Å². The fourth-order valence-corrected chi connectivity index (χ4v) is 14.8. The number of ether oxygens (including phenoxy) is 3. The number of hydrogen-bond acceptors (Lipinski definition) is 15. The lowest BCUT2D eigenvalue weighted by Gasteiger charge is -2.58. The number of aromatic amines is 1. The average Bonchev–Trinajstić information content (AvgIpc) is 3.88. The first-order chi connectivity index (χ1) is 36.7. The van der Waals surface area contributed by atoms with Gasteiger partial charge in [0.25, 0.3) is 21.6 Å². The maximum atomic E-state index is 14.8. The van der Waals surface area contributed by atoms with Gasteiger partial charge in [0, 0.05) is 87.3 Å². The molecule has 19 heteroatoms. The number of aromatic nitrogens is 2. The van der Waals surface area contributed by atoms with Gasteiger partial charge in [0.15, 0.2) is 0 Å². The van der Waals surface area contributed by atoms with Crippen LogP contribution in [0.1, 0.15) is 105 Å². The summed E-state index contributed by atoms with van der Waals surface area (Å²) in [6, 6.07) is 23.4. The number of pyridine rings is 1. The maximum Gasteiger partial charge on any atom is 0.293 e. The van der Waals surface area contributed by atoms with Crippen LogP contribution in [0.15, 0.2) is 83.9 Å². The van der Waals surface area contributed by atoms with Gasteiger partial charge < -0.3 is 39.4 Å². The Kier molecular flexibility index (Phi) is 13.8. The van der Waals surface area contributed by atoms with Gasteiger partial charge in [0.2, 0.25) is 5.88 Å². The molecule has 2 aliphatic carbocycles. The number of carbonyl (C=O) groups is 1. The number of nitro benzene ring substituents is 1. The third-order valence-electron chi connectivity index (χ3n) is 18.3. The standard InChI is InChI=1S/C57H71N9O9S/c1-37-5-3-4-6-44(37)48-30-41(63-24-27-73-28-25-63)14-21-64(48)42-33-57(34-42)18-22-62(23-19-57)40-7-9-45(49(31-40)65-47-15-26-74-36-52(47)75-55-51(65)29-39-13-20-58-53(39)60-55)54(67)61-76(71,72)43-8-10-46(50(32-43)66(69)70)59-35-38-11-16-56(2,68)17-12-38/h3-10,13,20,29,31-32,38,41-42,47-48,52,59,68H,11-12,14-19,21-28,30,33-36H2,1-2H3,(H,58,60)(H,61,67)/t38?,41-,47-,48-,52-,56?/m0/s1.